The number of nitrogens with one attached hydrogen (secondary N) is 1. The van der Waals surface area contributed by atoms with Crippen LogP contribution in [0.3, 0.4) is 0 Å². The molecule has 0 aromatic carbocycles. The minimum atomic E-state index is -0.802. The number of piperidine rings is 1. The first kappa shape index (κ1) is 13.0. The van der Waals surface area contributed by atoms with Gasteiger partial charge < -0.3 is 10.1 Å². The van der Waals surface area contributed by atoms with Gasteiger partial charge in [0.25, 0.3) is 0 Å². The Labute approximate surface area is 106 Å². The molecule has 4 nitrogen and oxygen atoms in total. The quantitative estimate of drug-likeness (QED) is 0.652. The molecule has 2 heterocycles. The molecule has 1 aromatic rings. The number of rotatable bonds is 3. The Balaban J connectivity index is 2.38. The van der Waals surface area contributed by atoms with E-state index in [0.717, 1.165) is 0 Å². The molecule has 0 spiro atoms. The number of halogens is 1. The number of carbonyl (C=O) groups is 1. The molecule has 1 saturated heterocycles. The molecular formula is C13H17FN2O2. The van der Waals surface area contributed by atoms with Crippen molar-refractivity contribution in [2.45, 2.75) is 25.2 Å². The fourth-order valence-corrected chi connectivity index (χ4v) is 2.36. The molecule has 0 radical (unpaired) electrons. The van der Waals surface area contributed by atoms with E-state index in [9.17, 15) is 9.18 Å². The summed E-state index contributed by atoms with van der Waals surface area (Å²) < 4.78 is 18.4. The van der Waals surface area contributed by atoms with E-state index >= 15 is 0 Å². The van der Waals surface area contributed by atoms with Gasteiger partial charge >= 0.3 is 5.97 Å². The first-order valence-electron chi connectivity index (χ1n) is 6.20. The highest BCUT2D eigenvalue weighted by atomic mass is 19.1. The van der Waals surface area contributed by atoms with Gasteiger partial charge in [-0.15, -0.1) is 0 Å². The van der Waals surface area contributed by atoms with E-state index in [1.807, 2.05) is 0 Å². The zero-order valence-electron chi connectivity index (χ0n) is 10.4. The predicted octanol–water partition coefficient (Wildman–Crippen LogP) is 1.41. The second-order valence-electron chi connectivity index (χ2n) is 4.40. The van der Waals surface area contributed by atoms with Gasteiger partial charge in [0.15, 0.2) is 0 Å². The van der Waals surface area contributed by atoms with Crippen molar-refractivity contribution in [1.82, 2.24) is 10.3 Å². The van der Waals surface area contributed by atoms with E-state index in [1.54, 1.807) is 19.1 Å². The van der Waals surface area contributed by atoms with Crippen LogP contribution in [0.5, 0.6) is 0 Å². The second-order valence-corrected chi connectivity index (χ2v) is 4.40. The third-order valence-corrected chi connectivity index (χ3v) is 3.33. The lowest BCUT2D eigenvalue weighted by molar-refractivity contribution is -0.151. The molecule has 0 amide bonds. The normalized spacial score (nSPS) is 18.3. The van der Waals surface area contributed by atoms with Gasteiger partial charge in [-0.25, -0.2) is 4.98 Å². The number of ether oxygens (including phenoxy) is 1. The molecule has 0 unspecified atom stereocenters. The van der Waals surface area contributed by atoms with Gasteiger partial charge in [0, 0.05) is 0 Å². The van der Waals surface area contributed by atoms with E-state index in [1.165, 1.54) is 6.07 Å². The molecular weight excluding hydrogens is 235 g/mol. The van der Waals surface area contributed by atoms with Gasteiger partial charge in [-0.2, -0.15) is 4.39 Å². The summed E-state index contributed by atoms with van der Waals surface area (Å²) in [6.07, 6.45) is 1.17. The summed E-state index contributed by atoms with van der Waals surface area (Å²) in [5.74, 6) is -0.862. The van der Waals surface area contributed by atoms with Crippen molar-refractivity contribution in [1.29, 1.82) is 0 Å². The first-order chi connectivity index (χ1) is 8.69. The Kier molecular flexibility index (Phi) is 3.91. The van der Waals surface area contributed by atoms with Crippen LogP contribution in [0.25, 0.3) is 0 Å². The lowest BCUT2D eigenvalue weighted by atomic mass is 9.76. The van der Waals surface area contributed by atoms with Crippen LogP contribution in [0.2, 0.25) is 0 Å². The smallest absolute Gasteiger partial charge is 0.318 e. The molecule has 1 N–H and O–H groups in total. The molecule has 0 aliphatic carbocycles. The van der Waals surface area contributed by atoms with Crippen LogP contribution in [-0.4, -0.2) is 30.6 Å². The molecule has 1 aliphatic heterocycles. The predicted molar refractivity (Wildman–Crippen MR) is 64.6 cm³/mol. The minimum absolute atomic E-state index is 0.301. The van der Waals surface area contributed by atoms with Gasteiger partial charge in [0.05, 0.1) is 12.3 Å². The van der Waals surface area contributed by atoms with E-state index in [4.69, 9.17) is 4.74 Å². The van der Waals surface area contributed by atoms with Gasteiger partial charge in [0.2, 0.25) is 5.95 Å². The fraction of sp³-hybridized carbons (Fsp3) is 0.538. The molecule has 0 bridgehead atoms. The van der Waals surface area contributed by atoms with Crippen molar-refractivity contribution in [3.05, 3.63) is 29.8 Å². The van der Waals surface area contributed by atoms with Crippen molar-refractivity contribution < 1.29 is 13.9 Å². The van der Waals surface area contributed by atoms with Crippen LogP contribution in [-0.2, 0) is 14.9 Å². The molecule has 18 heavy (non-hydrogen) atoms. The zero-order valence-corrected chi connectivity index (χ0v) is 10.4. The highest BCUT2D eigenvalue weighted by Gasteiger charge is 2.44. The summed E-state index contributed by atoms with van der Waals surface area (Å²) in [5.41, 5.74) is -0.328. The van der Waals surface area contributed by atoms with Crippen molar-refractivity contribution >= 4 is 5.97 Å². The Morgan fingerprint density at radius 1 is 1.50 bits per heavy atom. The van der Waals surface area contributed by atoms with Crippen LogP contribution < -0.4 is 5.32 Å². The summed E-state index contributed by atoms with van der Waals surface area (Å²) in [6, 6.07) is 4.56. The SMILES string of the molecule is CCOC(=O)C1(c2cccc(F)n2)CCNCC1. The lowest BCUT2D eigenvalue weighted by Crippen LogP contribution is -2.47. The van der Waals surface area contributed by atoms with E-state index < -0.39 is 11.4 Å². The zero-order chi connectivity index (χ0) is 13.0. The summed E-state index contributed by atoms with van der Waals surface area (Å²) in [7, 11) is 0. The summed E-state index contributed by atoms with van der Waals surface area (Å²) in [5, 5.41) is 3.19. The van der Waals surface area contributed by atoms with E-state index in [2.05, 4.69) is 10.3 Å². The number of carbonyl (C=O) groups excluding carboxylic acids is 1. The van der Waals surface area contributed by atoms with Crippen LogP contribution in [0.15, 0.2) is 18.2 Å². The number of aromatic nitrogens is 1. The van der Waals surface area contributed by atoms with Gasteiger partial charge in [-0.1, -0.05) is 6.07 Å². The first-order valence-corrected chi connectivity index (χ1v) is 6.20. The highest BCUT2D eigenvalue weighted by Crippen LogP contribution is 2.33. The number of hydrogen-bond donors (Lipinski definition) is 1. The third-order valence-electron chi connectivity index (χ3n) is 3.33. The van der Waals surface area contributed by atoms with Crippen LogP contribution in [0.1, 0.15) is 25.5 Å². The molecule has 2 rings (SSSR count). The van der Waals surface area contributed by atoms with Crippen molar-refractivity contribution in [2.24, 2.45) is 0 Å². The Bertz CT molecular complexity index is 431. The molecule has 1 aromatic heterocycles. The number of hydrogen-bond acceptors (Lipinski definition) is 4. The minimum Gasteiger partial charge on any atom is -0.465 e. The monoisotopic (exact) mass is 252 g/mol. The van der Waals surface area contributed by atoms with Crippen LogP contribution in [0.4, 0.5) is 4.39 Å². The Morgan fingerprint density at radius 3 is 2.83 bits per heavy atom. The lowest BCUT2D eigenvalue weighted by Gasteiger charge is -2.34. The Hall–Kier alpha value is -1.49. The maximum atomic E-state index is 13.3. The largest absolute Gasteiger partial charge is 0.465 e. The van der Waals surface area contributed by atoms with E-state index in [-0.39, 0.29) is 5.97 Å². The van der Waals surface area contributed by atoms with Gasteiger partial charge in [-0.05, 0) is 45.0 Å². The van der Waals surface area contributed by atoms with Crippen LogP contribution in [0, 0.1) is 5.95 Å². The van der Waals surface area contributed by atoms with E-state index in [0.29, 0.717) is 38.2 Å². The summed E-state index contributed by atoms with van der Waals surface area (Å²) in [4.78, 5) is 16.1. The number of pyridine rings is 1. The second kappa shape index (κ2) is 5.44. The summed E-state index contributed by atoms with van der Waals surface area (Å²) in [6.45, 7) is 3.50. The maximum Gasteiger partial charge on any atom is 0.318 e. The molecule has 1 aliphatic rings. The van der Waals surface area contributed by atoms with Crippen molar-refractivity contribution in [3.8, 4) is 0 Å². The highest BCUT2D eigenvalue weighted by molar-refractivity contribution is 5.82. The maximum absolute atomic E-state index is 13.3. The topological polar surface area (TPSA) is 51.2 Å². The molecule has 5 heteroatoms. The average Bonchev–Trinajstić information content (AvgIpc) is 2.40. The van der Waals surface area contributed by atoms with Crippen molar-refractivity contribution in [2.75, 3.05) is 19.7 Å². The fourth-order valence-electron chi connectivity index (χ4n) is 2.36. The average molecular weight is 252 g/mol. The number of esters is 1. The molecule has 98 valence electrons. The third kappa shape index (κ3) is 2.36. The van der Waals surface area contributed by atoms with Crippen LogP contribution >= 0.6 is 0 Å². The van der Waals surface area contributed by atoms with Gasteiger partial charge in [-0.3, -0.25) is 4.79 Å². The number of nitrogens with zero attached hydrogens (tertiary/aromatic N) is 1. The standard InChI is InChI=1S/C13H17FN2O2/c1-2-18-12(17)13(6-8-15-9-7-13)10-4-3-5-11(14)16-10/h3-5,15H,2,6-9H2,1H3. The molecule has 0 atom stereocenters. The van der Waals surface area contributed by atoms with Gasteiger partial charge in [0.1, 0.15) is 5.41 Å². The Morgan fingerprint density at radius 2 is 2.22 bits per heavy atom. The summed E-state index contributed by atoms with van der Waals surface area (Å²) >= 11 is 0. The van der Waals surface area contributed by atoms with Crippen molar-refractivity contribution in [3.63, 3.8) is 0 Å². The molecule has 0 saturated carbocycles. The molecule has 1 fully saturated rings.